The van der Waals surface area contributed by atoms with E-state index in [1.54, 1.807) is 6.07 Å². The van der Waals surface area contributed by atoms with Gasteiger partial charge in [-0.2, -0.15) is 0 Å². The van der Waals surface area contributed by atoms with E-state index >= 15 is 0 Å². The second-order valence-corrected chi connectivity index (χ2v) is 4.02. The average Bonchev–Trinajstić information content (AvgIpc) is 2.20. The maximum atomic E-state index is 12.9. The van der Waals surface area contributed by atoms with Crippen molar-refractivity contribution in [2.24, 2.45) is 0 Å². The summed E-state index contributed by atoms with van der Waals surface area (Å²) in [4.78, 5) is 2.04. The van der Waals surface area contributed by atoms with Crippen LogP contribution in [0.3, 0.4) is 0 Å². The number of hydrogen-bond donors (Lipinski definition) is 1. The third kappa shape index (κ3) is 3.29. The first-order chi connectivity index (χ1) is 7.04. The number of benzene rings is 1. The van der Waals surface area contributed by atoms with Crippen LogP contribution in [0.2, 0.25) is 0 Å². The van der Waals surface area contributed by atoms with E-state index in [2.05, 4.69) is 0 Å². The smallest absolute Gasteiger partial charge is 0.123 e. The number of rotatable bonds is 4. The molecule has 1 atom stereocenters. The fourth-order valence-corrected chi connectivity index (χ4v) is 1.40. The van der Waals surface area contributed by atoms with Crippen molar-refractivity contribution in [2.45, 2.75) is 26.4 Å². The van der Waals surface area contributed by atoms with Crippen molar-refractivity contribution in [3.8, 4) is 0 Å². The Hall–Kier alpha value is -0.930. The summed E-state index contributed by atoms with van der Waals surface area (Å²) in [5.74, 6) is -0.200. The van der Waals surface area contributed by atoms with Gasteiger partial charge in [0.1, 0.15) is 5.82 Å². The van der Waals surface area contributed by atoms with Gasteiger partial charge in [-0.05, 0) is 44.2 Å². The number of aliphatic hydroxyl groups is 1. The van der Waals surface area contributed by atoms with Gasteiger partial charge in [0, 0.05) is 12.6 Å². The quantitative estimate of drug-likeness (QED) is 0.822. The van der Waals surface area contributed by atoms with E-state index in [1.165, 1.54) is 12.1 Å². The summed E-state index contributed by atoms with van der Waals surface area (Å²) in [5, 5.41) is 8.99. The van der Waals surface area contributed by atoms with Gasteiger partial charge in [0.25, 0.3) is 0 Å². The lowest BCUT2D eigenvalue weighted by atomic mass is 10.1. The molecule has 0 aromatic heterocycles. The van der Waals surface area contributed by atoms with Crippen LogP contribution in [0.15, 0.2) is 18.2 Å². The van der Waals surface area contributed by atoms with E-state index in [0.29, 0.717) is 0 Å². The summed E-state index contributed by atoms with van der Waals surface area (Å²) in [6.45, 7) is 4.72. The van der Waals surface area contributed by atoms with Crippen molar-refractivity contribution in [2.75, 3.05) is 13.7 Å². The predicted molar refractivity (Wildman–Crippen MR) is 59.2 cm³/mol. The third-order valence-electron chi connectivity index (χ3n) is 2.74. The zero-order chi connectivity index (χ0) is 11.4. The van der Waals surface area contributed by atoms with Crippen LogP contribution in [-0.4, -0.2) is 29.7 Å². The molecule has 0 bridgehead atoms. The monoisotopic (exact) mass is 211 g/mol. The first kappa shape index (κ1) is 12.1. The zero-order valence-corrected chi connectivity index (χ0v) is 9.50. The largest absolute Gasteiger partial charge is 0.395 e. The van der Waals surface area contributed by atoms with Crippen LogP contribution in [0.1, 0.15) is 18.1 Å². The Labute approximate surface area is 90.3 Å². The molecule has 0 amide bonds. The lowest BCUT2D eigenvalue weighted by Crippen LogP contribution is -2.31. The Bertz CT molecular complexity index is 327. The van der Waals surface area contributed by atoms with Crippen LogP contribution in [0.4, 0.5) is 4.39 Å². The van der Waals surface area contributed by atoms with Gasteiger partial charge >= 0.3 is 0 Å². The first-order valence-electron chi connectivity index (χ1n) is 5.10. The molecule has 84 valence electrons. The minimum absolute atomic E-state index is 0.120. The van der Waals surface area contributed by atoms with Gasteiger partial charge in [-0.3, -0.25) is 4.90 Å². The molecule has 0 spiro atoms. The fraction of sp³-hybridized carbons (Fsp3) is 0.500. The molecule has 2 nitrogen and oxygen atoms in total. The number of halogens is 1. The highest BCUT2D eigenvalue weighted by Crippen LogP contribution is 2.13. The van der Waals surface area contributed by atoms with Crippen molar-refractivity contribution in [1.82, 2.24) is 4.90 Å². The molecular weight excluding hydrogens is 193 g/mol. The summed E-state index contributed by atoms with van der Waals surface area (Å²) in [6.07, 6.45) is 0. The number of likely N-dealkylation sites (N-methyl/N-ethyl adjacent to an activating group) is 1. The Morgan fingerprint density at radius 2 is 2.13 bits per heavy atom. The topological polar surface area (TPSA) is 23.5 Å². The van der Waals surface area contributed by atoms with Crippen LogP contribution < -0.4 is 0 Å². The summed E-state index contributed by atoms with van der Waals surface area (Å²) in [5.41, 5.74) is 2.05. The average molecular weight is 211 g/mol. The minimum Gasteiger partial charge on any atom is -0.395 e. The maximum absolute atomic E-state index is 12.9. The molecule has 1 aromatic carbocycles. The Morgan fingerprint density at radius 3 is 2.67 bits per heavy atom. The lowest BCUT2D eigenvalue weighted by Gasteiger charge is -2.23. The molecule has 0 saturated carbocycles. The number of nitrogens with zero attached hydrogens (tertiary/aromatic N) is 1. The van der Waals surface area contributed by atoms with Gasteiger partial charge in [0.05, 0.1) is 6.61 Å². The van der Waals surface area contributed by atoms with Crippen LogP contribution in [-0.2, 0) is 6.54 Å². The van der Waals surface area contributed by atoms with Gasteiger partial charge < -0.3 is 5.11 Å². The molecule has 1 aromatic rings. The minimum atomic E-state index is -0.200. The highest BCUT2D eigenvalue weighted by atomic mass is 19.1. The normalized spacial score (nSPS) is 13.2. The SMILES string of the molecule is Cc1cc(F)ccc1CN(C)C(C)CO. The van der Waals surface area contributed by atoms with Crippen molar-refractivity contribution < 1.29 is 9.50 Å². The van der Waals surface area contributed by atoms with Crippen molar-refractivity contribution in [3.63, 3.8) is 0 Å². The number of hydrogen-bond acceptors (Lipinski definition) is 2. The molecule has 0 saturated heterocycles. The van der Waals surface area contributed by atoms with E-state index in [4.69, 9.17) is 5.11 Å². The lowest BCUT2D eigenvalue weighted by molar-refractivity contribution is 0.154. The Balaban J connectivity index is 2.72. The van der Waals surface area contributed by atoms with Crippen LogP contribution >= 0.6 is 0 Å². The molecule has 0 heterocycles. The van der Waals surface area contributed by atoms with Gasteiger partial charge in [0.15, 0.2) is 0 Å². The van der Waals surface area contributed by atoms with Crippen molar-refractivity contribution in [1.29, 1.82) is 0 Å². The van der Waals surface area contributed by atoms with Gasteiger partial charge in [-0.1, -0.05) is 6.07 Å². The number of aliphatic hydroxyl groups excluding tert-OH is 1. The van der Waals surface area contributed by atoms with E-state index in [1.807, 2.05) is 25.8 Å². The summed E-state index contributed by atoms with van der Waals surface area (Å²) < 4.78 is 12.9. The van der Waals surface area contributed by atoms with E-state index in [-0.39, 0.29) is 18.5 Å². The van der Waals surface area contributed by atoms with E-state index in [9.17, 15) is 4.39 Å². The third-order valence-corrected chi connectivity index (χ3v) is 2.74. The fourth-order valence-electron chi connectivity index (χ4n) is 1.40. The summed E-state index contributed by atoms with van der Waals surface area (Å²) >= 11 is 0. The van der Waals surface area contributed by atoms with Crippen LogP contribution in [0, 0.1) is 12.7 Å². The molecule has 0 aliphatic carbocycles. The molecule has 1 unspecified atom stereocenters. The van der Waals surface area contributed by atoms with E-state index in [0.717, 1.165) is 17.7 Å². The predicted octanol–water partition coefficient (Wildman–Crippen LogP) is 1.95. The van der Waals surface area contributed by atoms with Gasteiger partial charge in [0.2, 0.25) is 0 Å². The maximum Gasteiger partial charge on any atom is 0.123 e. The zero-order valence-electron chi connectivity index (χ0n) is 9.50. The molecule has 0 aliphatic rings. The highest BCUT2D eigenvalue weighted by Gasteiger charge is 2.09. The molecular formula is C12H18FNO. The van der Waals surface area contributed by atoms with Gasteiger partial charge in [-0.15, -0.1) is 0 Å². The molecule has 0 aliphatic heterocycles. The second-order valence-electron chi connectivity index (χ2n) is 4.02. The van der Waals surface area contributed by atoms with E-state index < -0.39 is 0 Å². The Morgan fingerprint density at radius 1 is 1.47 bits per heavy atom. The standard InChI is InChI=1S/C12H18FNO/c1-9-6-12(13)5-4-11(9)7-14(3)10(2)8-15/h4-6,10,15H,7-8H2,1-3H3. The first-order valence-corrected chi connectivity index (χ1v) is 5.10. The van der Waals surface area contributed by atoms with Crippen molar-refractivity contribution >= 4 is 0 Å². The van der Waals surface area contributed by atoms with Crippen molar-refractivity contribution in [3.05, 3.63) is 35.1 Å². The number of aryl methyl sites for hydroxylation is 1. The summed E-state index contributed by atoms with van der Waals surface area (Å²) in [7, 11) is 1.95. The van der Waals surface area contributed by atoms with Crippen LogP contribution in [0.25, 0.3) is 0 Å². The Kier molecular flexibility index (Phi) is 4.24. The van der Waals surface area contributed by atoms with Gasteiger partial charge in [-0.25, -0.2) is 4.39 Å². The van der Waals surface area contributed by atoms with Crippen LogP contribution in [0.5, 0.6) is 0 Å². The summed E-state index contributed by atoms with van der Waals surface area (Å²) in [6, 6.07) is 4.92. The highest BCUT2D eigenvalue weighted by molar-refractivity contribution is 5.26. The molecule has 1 N–H and O–H groups in total. The molecule has 0 radical (unpaired) electrons. The molecule has 0 fully saturated rings. The molecule has 1 rings (SSSR count). The molecule has 15 heavy (non-hydrogen) atoms. The molecule has 3 heteroatoms. The second kappa shape index (κ2) is 5.24.